The van der Waals surface area contributed by atoms with Crippen molar-refractivity contribution < 1.29 is 14.6 Å². The molecule has 33 heavy (non-hydrogen) atoms. The summed E-state index contributed by atoms with van der Waals surface area (Å²) in [5.74, 6) is 1.46. The molecule has 0 bridgehead atoms. The Morgan fingerprint density at radius 2 is 1.97 bits per heavy atom. The van der Waals surface area contributed by atoms with Gasteiger partial charge in [-0.1, -0.05) is 23.4 Å². The highest BCUT2D eigenvalue weighted by atomic mass is 35.5. The zero-order chi connectivity index (χ0) is 22.7. The molecule has 5 heterocycles. The van der Waals surface area contributed by atoms with E-state index in [0.29, 0.717) is 33.0 Å². The minimum absolute atomic E-state index is 0.151. The number of hydrogen-bond donors (Lipinski definition) is 2. The van der Waals surface area contributed by atoms with Crippen molar-refractivity contribution in [3.63, 3.8) is 0 Å². The summed E-state index contributed by atoms with van der Waals surface area (Å²) in [5.41, 5.74) is 0.928. The van der Waals surface area contributed by atoms with E-state index >= 15 is 0 Å². The summed E-state index contributed by atoms with van der Waals surface area (Å²) in [4.78, 5) is 16.9. The molecule has 3 saturated heterocycles. The molecule has 0 atom stereocenters. The zero-order valence-corrected chi connectivity index (χ0v) is 20.2. The van der Waals surface area contributed by atoms with E-state index in [1.54, 1.807) is 12.4 Å². The van der Waals surface area contributed by atoms with Gasteiger partial charge in [0.05, 0.1) is 24.4 Å². The average molecular weight is 492 g/mol. The molecular weight excluding hydrogens is 462 g/mol. The second kappa shape index (κ2) is 10.3. The second-order valence-corrected chi connectivity index (χ2v) is 10.5. The molecular formula is C23H30ClN5O3S. The molecule has 3 fully saturated rings. The van der Waals surface area contributed by atoms with Gasteiger partial charge in [-0.15, -0.1) is 0 Å². The Bertz CT molecular complexity index is 959. The molecule has 0 radical (unpaired) electrons. The summed E-state index contributed by atoms with van der Waals surface area (Å²) in [7, 11) is 0. The minimum atomic E-state index is -0.151. The molecule has 0 unspecified atom stereocenters. The van der Waals surface area contributed by atoms with E-state index in [4.69, 9.17) is 31.0 Å². The van der Waals surface area contributed by atoms with Crippen molar-refractivity contribution in [1.82, 2.24) is 15.0 Å². The van der Waals surface area contributed by atoms with E-state index in [-0.39, 0.29) is 6.61 Å². The lowest BCUT2D eigenvalue weighted by atomic mass is 9.78. The first kappa shape index (κ1) is 23.1. The molecule has 1 spiro atoms. The van der Waals surface area contributed by atoms with Gasteiger partial charge in [-0.25, -0.2) is 15.0 Å². The molecule has 0 aromatic carbocycles. The number of rotatable bonds is 6. The molecule has 2 aromatic heterocycles. The Morgan fingerprint density at radius 3 is 2.70 bits per heavy atom. The Hall–Kier alpha value is -1.65. The molecule has 3 aliphatic rings. The van der Waals surface area contributed by atoms with Crippen molar-refractivity contribution in [2.45, 2.75) is 54.7 Å². The van der Waals surface area contributed by atoms with Gasteiger partial charge in [0.2, 0.25) is 0 Å². The molecule has 3 aliphatic heterocycles. The van der Waals surface area contributed by atoms with Crippen molar-refractivity contribution in [1.29, 1.82) is 0 Å². The van der Waals surface area contributed by atoms with Crippen molar-refractivity contribution in [2.75, 3.05) is 49.7 Å². The number of piperidine rings is 1. The van der Waals surface area contributed by atoms with Crippen LogP contribution in [0.15, 0.2) is 28.4 Å². The fourth-order valence-corrected chi connectivity index (χ4v) is 5.90. The van der Waals surface area contributed by atoms with Gasteiger partial charge >= 0.3 is 0 Å². The summed E-state index contributed by atoms with van der Waals surface area (Å²) in [6.45, 7) is 4.92. The van der Waals surface area contributed by atoms with Crippen LogP contribution in [0.2, 0.25) is 5.02 Å². The smallest absolute Gasteiger partial charge is 0.152 e. The Balaban J connectivity index is 1.28. The molecule has 2 N–H and O–H groups in total. The number of aromatic nitrogens is 3. The molecule has 178 valence electrons. The normalized spacial score (nSPS) is 21.0. The number of hydrogen-bond acceptors (Lipinski definition) is 9. The van der Waals surface area contributed by atoms with Crippen molar-refractivity contribution in [3.05, 3.63) is 29.2 Å². The van der Waals surface area contributed by atoms with E-state index in [1.807, 2.05) is 6.07 Å². The number of nitrogens with zero attached hydrogens (tertiary/aromatic N) is 4. The first-order valence-corrected chi connectivity index (χ1v) is 12.8. The summed E-state index contributed by atoms with van der Waals surface area (Å²) in [6.07, 6.45) is 8.72. The fourth-order valence-electron chi connectivity index (χ4n) is 4.81. The van der Waals surface area contributed by atoms with Gasteiger partial charge in [0.1, 0.15) is 16.5 Å². The van der Waals surface area contributed by atoms with Gasteiger partial charge in [-0.3, -0.25) is 0 Å². The number of pyridine rings is 1. The largest absolute Gasteiger partial charge is 0.390 e. The topological polar surface area (TPSA) is 92.6 Å². The van der Waals surface area contributed by atoms with Gasteiger partial charge in [-0.2, -0.15) is 0 Å². The maximum absolute atomic E-state index is 10.0. The third kappa shape index (κ3) is 5.22. The van der Waals surface area contributed by atoms with Crippen LogP contribution in [-0.2, 0) is 16.1 Å². The molecule has 5 rings (SSSR count). The summed E-state index contributed by atoms with van der Waals surface area (Å²) in [6, 6.07) is 2.19. The van der Waals surface area contributed by atoms with Gasteiger partial charge in [-0.05, 0) is 43.6 Å². The van der Waals surface area contributed by atoms with Crippen LogP contribution < -0.4 is 10.2 Å². The highest BCUT2D eigenvalue weighted by molar-refractivity contribution is 7.99. The number of anilines is 2. The van der Waals surface area contributed by atoms with E-state index in [9.17, 15) is 5.11 Å². The molecule has 8 nitrogen and oxygen atoms in total. The number of aliphatic hydroxyl groups is 1. The Morgan fingerprint density at radius 1 is 1.15 bits per heavy atom. The van der Waals surface area contributed by atoms with Crippen LogP contribution in [0.5, 0.6) is 0 Å². The third-order valence-electron chi connectivity index (χ3n) is 6.89. The first-order chi connectivity index (χ1) is 16.2. The van der Waals surface area contributed by atoms with Crippen LogP contribution in [0.3, 0.4) is 0 Å². The minimum Gasteiger partial charge on any atom is -0.390 e. The standard InChI is InChI=1S/C23H30ClN5O3S/c24-20-18(1-7-25-21(20)27-16-2-10-31-11-3-16)33-19-13-26-22(17(14-30)28-19)29-8-4-23(5-9-29)6-12-32-15-23/h1,7,13,16,30H,2-6,8-12,14-15H2,(H,25,27). The van der Waals surface area contributed by atoms with E-state index in [1.165, 1.54) is 11.8 Å². The van der Waals surface area contributed by atoms with Crippen LogP contribution in [0.1, 0.15) is 37.8 Å². The van der Waals surface area contributed by atoms with Crippen molar-refractivity contribution in [3.8, 4) is 0 Å². The summed E-state index contributed by atoms with van der Waals surface area (Å²) in [5, 5.41) is 14.7. The van der Waals surface area contributed by atoms with Crippen LogP contribution >= 0.6 is 23.4 Å². The fraction of sp³-hybridized carbons (Fsp3) is 0.609. The average Bonchev–Trinajstić information content (AvgIpc) is 3.31. The van der Waals surface area contributed by atoms with Crippen LogP contribution in [-0.4, -0.2) is 65.6 Å². The van der Waals surface area contributed by atoms with E-state index in [2.05, 4.69) is 15.2 Å². The van der Waals surface area contributed by atoms with E-state index < -0.39 is 0 Å². The second-order valence-electron chi connectivity index (χ2n) is 9.03. The van der Waals surface area contributed by atoms with Crippen LogP contribution in [0.25, 0.3) is 0 Å². The van der Waals surface area contributed by atoms with Gasteiger partial charge in [0.25, 0.3) is 0 Å². The highest BCUT2D eigenvalue weighted by Crippen LogP contribution is 2.41. The highest BCUT2D eigenvalue weighted by Gasteiger charge is 2.38. The summed E-state index contributed by atoms with van der Waals surface area (Å²) >= 11 is 8.10. The maximum Gasteiger partial charge on any atom is 0.152 e. The lowest BCUT2D eigenvalue weighted by Crippen LogP contribution is -2.41. The first-order valence-electron chi connectivity index (χ1n) is 11.6. The number of nitrogens with one attached hydrogen (secondary N) is 1. The van der Waals surface area contributed by atoms with Gasteiger partial charge in [0, 0.05) is 50.0 Å². The van der Waals surface area contributed by atoms with Gasteiger partial charge < -0.3 is 24.8 Å². The molecule has 10 heteroatoms. The number of halogens is 1. The predicted molar refractivity (Wildman–Crippen MR) is 128 cm³/mol. The third-order valence-corrected chi connectivity index (χ3v) is 8.35. The van der Waals surface area contributed by atoms with Crippen LogP contribution in [0, 0.1) is 5.41 Å². The molecule has 2 aromatic rings. The molecule has 0 amide bonds. The van der Waals surface area contributed by atoms with E-state index in [0.717, 1.165) is 82.3 Å². The zero-order valence-electron chi connectivity index (χ0n) is 18.6. The molecule has 0 aliphatic carbocycles. The van der Waals surface area contributed by atoms with Gasteiger partial charge in [0.15, 0.2) is 5.82 Å². The number of aliphatic hydroxyl groups excluding tert-OH is 1. The van der Waals surface area contributed by atoms with Crippen molar-refractivity contribution in [2.24, 2.45) is 5.41 Å². The summed E-state index contributed by atoms with van der Waals surface area (Å²) < 4.78 is 11.1. The lowest BCUT2D eigenvalue weighted by molar-refractivity contribution is 0.0904. The SMILES string of the molecule is OCc1nc(Sc2ccnc(NC3CCOCC3)c2Cl)cnc1N1CCC2(CCOC2)CC1. The monoisotopic (exact) mass is 491 g/mol. The van der Waals surface area contributed by atoms with Crippen molar-refractivity contribution >= 4 is 35.0 Å². The number of ether oxygens (including phenoxy) is 2. The maximum atomic E-state index is 10.0. The molecule has 0 saturated carbocycles. The quantitative estimate of drug-likeness (QED) is 0.626. The van der Waals surface area contributed by atoms with Crippen LogP contribution in [0.4, 0.5) is 11.6 Å². The lowest BCUT2D eigenvalue weighted by Gasteiger charge is -2.39. The predicted octanol–water partition coefficient (Wildman–Crippen LogP) is 3.77. The Labute approximate surface area is 203 Å². The Kier molecular flexibility index (Phi) is 7.22.